The summed E-state index contributed by atoms with van der Waals surface area (Å²) < 4.78 is 6.18. The molecule has 0 N–H and O–H groups in total. The van der Waals surface area contributed by atoms with Crippen molar-refractivity contribution in [3.63, 3.8) is 0 Å². The van der Waals surface area contributed by atoms with Gasteiger partial charge in [-0.3, -0.25) is 4.98 Å². The van der Waals surface area contributed by atoms with E-state index in [0.29, 0.717) is 16.3 Å². The van der Waals surface area contributed by atoms with Crippen molar-refractivity contribution in [2.75, 3.05) is 0 Å². The van der Waals surface area contributed by atoms with E-state index in [-0.39, 0.29) is 0 Å². The van der Waals surface area contributed by atoms with Crippen LogP contribution in [0.1, 0.15) is 44.9 Å². The van der Waals surface area contributed by atoms with Crippen molar-refractivity contribution in [2.24, 2.45) is 5.41 Å². The maximum absolute atomic E-state index is 6.18. The Morgan fingerprint density at radius 2 is 2.00 bits per heavy atom. The zero-order valence-electron chi connectivity index (χ0n) is 10.6. The van der Waals surface area contributed by atoms with Gasteiger partial charge in [-0.15, -0.1) is 0 Å². The van der Waals surface area contributed by atoms with E-state index in [4.69, 9.17) is 4.74 Å². The fourth-order valence-electron chi connectivity index (χ4n) is 3.47. The third-order valence-electron chi connectivity index (χ3n) is 4.63. The van der Waals surface area contributed by atoms with Gasteiger partial charge in [0.1, 0.15) is 11.9 Å². The molecule has 2 saturated carbocycles. The standard InChI is InChI=1S/C15H20BrNO/c16-13-10-14(18-12-6-5-9-17-11-12)15(13)7-3-1-2-4-8-15/h5-6,9,11,13-14H,1-4,7-8,10H2. The molecule has 1 aromatic heterocycles. The first-order valence-corrected chi connectivity index (χ1v) is 7.94. The molecule has 0 radical (unpaired) electrons. The van der Waals surface area contributed by atoms with Gasteiger partial charge in [0.25, 0.3) is 0 Å². The molecule has 1 spiro atoms. The molecular formula is C15H20BrNO. The van der Waals surface area contributed by atoms with Crippen molar-refractivity contribution < 1.29 is 4.74 Å². The quantitative estimate of drug-likeness (QED) is 0.758. The Morgan fingerprint density at radius 3 is 2.61 bits per heavy atom. The van der Waals surface area contributed by atoms with Crippen LogP contribution in [0.4, 0.5) is 0 Å². The molecule has 0 amide bonds. The van der Waals surface area contributed by atoms with Crippen LogP contribution in [0, 0.1) is 5.41 Å². The number of halogens is 1. The zero-order chi connectivity index (χ0) is 12.4. The van der Waals surface area contributed by atoms with E-state index in [9.17, 15) is 0 Å². The van der Waals surface area contributed by atoms with Crippen molar-refractivity contribution in [1.29, 1.82) is 0 Å². The molecule has 2 unspecified atom stereocenters. The number of nitrogens with zero attached hydrogens (tertiary/aromatic N) is 1. The predicted molar refractivity (Wildman–Crippen MR) is 76.1 cm³/mol. The van der Waals surface area contributed by atoms with Gasteiger partial charge in [0, 0.05) is 16.4 Å². The van der Waals surface area contributed by atoms with Crippen molar-refractivity contribution in [2.45, 2.75) is 55.9 Å². The molecule has 0 bridgehead atoms. The zero-order valence-corrected chi connectivity index (χ0v) is 12.2. The van der Waals surface area contributed by atoms with E-state index in [1.54, 1.807) is 6.20 Å². The molecule has 1 heterocycles. The highest BCUT2D eigenvalue weighted by atomic mass is 79.9. The molecule has 1 aromatic rings. The van der Waals surface area contributed by atoms with Gasteiger partial charge in [-0.2, -0.15) is 0 Å². The van der Waals surface area contributed by atoms with E-state index < -0.39 is 0 Å². The predicted octanol–water partition coefficient (Wildman–Crippen LogP) is 4.34. The van der Waals surface area contributed by atoms with Gasteiger partial charge in [-0.05, 0) is 31.4 Å². The highest BCUT2D eigenvalue weighted by molar-refractivity contribution is 9.09. The van der Waals surface area contributed by atoms with Crippen LogP contribution in [-0.2, 0) is 0 Å². The second-order valence-corrected chi connectivity index (χ2v) is 6.75. The molecule has 3 heteroatoms. The highest BCUT2D eigenvalue weighted by Crippen LogP contribution is 2.55. The van der Waals surface area contributed by atoms with Crippen LogP contribution in [0.5, 0.6) is 5.75 Å². The Morgan fingerprint density at radius 1 is 1.22 bits per heavy atom. The summed E-state index contributed by atoms with van der Waals surface area (Å²) in [6.07, 6.45) is 13.3. The Kier molecular flexibility index (Phi) is 3.60. The summed E-state index contributed by atoms with van der Waals surface area (Å²) in [5, 5.41) is 0. The third kappa shape index (κ3) is 2.18. The average molecular weight is 310 g/mol. The molecule has 3 rings (SSSR count). The molecule has 98 valence electrons. The fourth-order valence-corrected chi connectivity index (χ4v) is 4.56. The molecule has 0 aromatic carbocycles. The van der Waals surface area contributed by atoms with E-state index in [1.807, 2.05) is 18.3 Å². The van der Waals surface area contributed by atoms with E-state index in [2.05, 4.69) is 20.9 Å². The fraction of sp³-hybridized carbons (Fsp3) is 0.667. The van der Waals surface area contributed by atoms with Crippen LogP contribution in [0.3, 0.4) is 0 Å². The molecule has 2 nitrogen and oxygen atoms in total. The molecule has 2 atom stereocenters. The topological polar surface area (TPSA) is 22.1 Å². The number of rotatable bonds is 2. The van der Waals surface area contributed by atoms with Crippen molar-refractivity contribution in [1.82, 2.24) is 4.98 Å². The van der Waals surface area contributed by atoms with E-state index in [0.717, 1.165) is 12.2 Å². The Balaban J connectivity index is 1.72. The monoisotopic (exact) mass is 309 g/mol. The number of ether oxygens (including phenoxy) is 1. The Bertz CT molecular complexity index is 387. The molecular weight excluding hydrogens is 290 g/mol. The van der Waals surface area contributed by atoms with E-state index >= 15 is 0 Å². The lowest BCUT2D eigenvalue weighted by molar-refractivity contribution is -0.0463. The number of aromatic nitrogens is 1. The second kappa shape index (κ2) is 5.20. The van der Waals surface area contributed by atoms with Gasteiger partial charge in [-0.1, -0.05) is 41.6 Å². The van der Waals surface area contributed by atoms with Gasteiger partial charge in [0.05, 0.1) is 6.20 Å². The Labute approximate surface area is 117 Å². The van der Waals surface area contributed by atoms with Crippen LogP contribution >= 0.6 is 15.9 Å². The Hall–Kier alpha value is -0.570. The normalized spacial score (nSPS) is 30.5. The van der Waals surface area contributed by atoms with Crippen molar-refractivity contribution >= 4 is 15.9 Å². The number of alkyl halides is 1. The number of hydrogen-bond acceptors (Lipinski definition) is 2. The largest absolute Gasteiger partial charge is 0.488 e. The van der Waals surface area contributed by atoms with Crippen LogP contribution < -0.4 is 4.74 Å². The maximum Gasteiger partial charge on any atom is 0.138 e. The summed E-state index contributed by atoms with van der Waals surface area (Å²) in [4.78, 5) is 4.77. The lowest BCUT2D eigenvalue weighted by Crippen LogP contribution is -2.56. The lowest BCUT2D eigenvalue weighted by Gasteiger charge is -2.53. The van der Waals surface area contributed by atoms with Crippen LogP contribution in [0.15, 0.2) is 24.5 Å². The summed E-state index contributed by atoms with van der Waals surface area (Å²) >= 11 is 3.87. The molecule has 18 heavy (non-hydrogen) atoms. The van der Waals surface area contributed by atoms with Crippen LogP contribution in [-0.4, -0.2) is 15.9 Å². The first-order chi connectivity index (χ1) is 8.81. The first-order valence-electron chi connectivity index (χ1n) is 7.02. The highest BCUT2D eigenvalue weighted by Gasteiger charge is 2.54. The van der Waals surface area contributed by atoms with Crippen LogP contribution in [0.25, 0.3) is 0 Å². The summed E-state index contributed by atoms with van der Waals surface area (Å²) in [5.41, 5.74) is 0.381. The minimum Gasteiger partial charge on any atom is -0.488 e. The lowest BCUT2D eigenvalue weighted by atomic mass is 9.61. The number of pyridine rings is 1. The van der Waals surface area contributed by atoms with Crippen molar-refractivity contribution in [3.8, 4) is 5.75 Å². The summed E-state index contributed by atoms with van der Waals surface area (Å²) in [7, 11) is 0. The molecule has 2 fully saturated rings. The van der Waals surface area contributed by atoms with Crippen molar-refractivity contribution in [3.05, 3.63) is 24.5 Å². The van der Waals surface area contributed by atoms with Gasteiger partial charge < -0.3 is 4.74 Å². The van der Waals surface area contributed by atoms with E-state index in [1.165, 1.54) is 38.5 Å². The SMILES string of the molecule is BrC1CC(Oc2cccnc2)C12CCCCCC2. The van der Waals surface area contributed by atoms with Crippen LogP contribution in [0.2, 0.25) is 0 Å². The van der Waals surface area contributed by atoms with Gasteiger partial charge in [0.15, 0.2) is 0 Å². The minimum absolute atomic E-state index is 0.379. The summed E-state index contributed by atoms with van der Waals surface area (Å²) in [5.74, 6) is 0.922. The average Bonchev–Trinajstić information content (AvgIpc) is 2.67. The number of hydrogen-bond donors (Lipinski definition) is 0. The summed E-state index contributed by atoms with van der Waals surface area (Å²) in [6.45, 7) is 0. The molecule has 0 aliphatic heterocycles. The molecule has 2 aliphatic carbocycles. The smallest absolute Gasteiger partial charge is 0.138 e. The van der Waals surface area contributed by atoms with Gasteiger partial charge >= 0.3 is 0 Å². The first kappa shape index (κ1) is 12.5. The minimum atomic E-state index is 0.379. The third-order valence-corrected chi connectivity index (χ3v) is 5.92. The molecule has 0 saturated heterocycles. The molecule has 2 aliphatic rings. The maximum atomic E-state index is 6.18. The second-order valence-electron chi connectivity index (χ2n) is 5.65. The summed E-state index contributed by atoms with van der Waals surface area (Å²) in [6, 6.07) is 3.96. The van der Waals surface area contributed by atoms with Gasteiger partial charge in [-0.25, -0.2) is 0 Å². The van der Waals surface area contributed by atoms with Gasteiger partial charge in [0.2, 0.25) is 0 Å².